The molecule has 8 rings (SSSR count). The fraction of sp³-hybridized carbons (Fsp3) is 0.0294. The molecule has 0 radical (unpaired) electrons. The molecule has 2 heteroatoms. The molecule has 2 aliphatic rings. The third-order valence-electron chi connectivity index (χ3n) is 7.72. The van der Waals surface area contributed by atoms with Crippen LogP contribution >= 0.6 is 0 Å². The number of para-hydroxylation sites is 3. The number of nitrogens with zero attached hydrogens (tertiary/aromatic N) is 1. The molecule has 1 spiro atoms. The first kappa shape index (κ1) is 19.6. The standard InChI is InChI=1S/C34H21NO/c1-2-12-22(13-3-1)33-31-23-14-4-6-16-25(23)34(32(31)24-15-5-9-19-28(24)35-33)26-17-7-10-20-29(26)36-30-21-11-8-18-27(30)34/h1-21H. The van der Waals surface area contributed by atoms with E-state index < -0.39 is 5.41 Å². The molecule has 0 N–H and O–H groups in total. The second-order valence-corrected chi connectivity index (χ2v) is 9.48. The molecular weight excluding hydrogens is 438 g/mol. The van der Waals surface area contributed by atoms with Crippen LogP contribution in [0.15, 0.2) is 127 Å². The molecule has 36 heavy (non-hydrogen) atoms. The highest BCUT2D eigenvalue weighted by molar-refractivity contribution is 6.04. The summed E-state index contributed by atoms with van der Waals surface area (Å²) in [5.74, 6) is 1.81. The van der Waals surface area contributed by atoms with Gasteiger partial charge in [-0.3, -0.25) is 0 Å². The van der Waals surface area contributed by atoms with E-state index in [0.29, 0.717) is 0 Å². The molecule has 5 aromatic carbocycles. The van der Waals surface area contributed by atoms with Crippen LogP contribution in [0, 0.1) is 0 Å². The van der Waals surface area contributed by atoms with Crippen LogP contribution in [-0.4, -0.2) is 4.98 Å². The van der Waals surface area contributed by atoms with Crippen molar-refractivity contribution in [1.29, 1.82) is 0 Å². The number of benzene rings is 5. The van der Waals surface area contributed by atoms with Crippen molar-refractivity contribution >= 4 is 10.9 Å². The average Bonchev–Trinajstić information content (AvgIpc) is 3.25. The zero-order chi connectivity index (χ0) is 23.7. The van der Waals surface area contributed by atoms with Crippen LogP contribution < -0.4 is 4.74 Å². The number of hydrogen-bond donors (Lipinski definition) is 0. The van der Waals surface area contributed by atoms with Crippen LogP contribution in [0.3, 0.4) is 0 Å². The summed E-state index contributed by atoms with van der Waals surface area (Å²) in [4.78, 5) is 5.27. The summed E-state index contributed by atoms with van der Waals surface area (Å²) in [6, 6.07) is 45.0. The van der Waals surface area contributed by atoms with Gasteiger partial charge >= 0.3 is 0 Å². The highest BCUT2D eigenvalue weighted by Crippen LogP contribution is 2.64. The normalized spacial score (nSPS) is 14.0. The fourth-order valence-corrected chi connectivity index (χ4v) is 6.39. The molecule has 0 atom stereocenters. The van der Waals surface area contributed by atoms with Crippen molar-refractivity contribution in [3.05, 3.63) is 150 Å². The summed E-state index contributed by atoms with van der Waals surface area (Å²) in [5, 5.41) is 1.18. The van der Waals surface area contributed by atoms with Crippen LogP contribution in [0.4, 0.5) is 0 Å². The quantitative estimate of drug-likeness (QED) is 0.246. The maximum atomic E-state index is 6.51. The van der Waals surface area contributed by atoms with E-state index in [1.165, 1.54) is 38.8 Å². The van der Waals surface area contributed by atoms with Gasteiger partial charge in [-0.2, -0.15) is 0 Å². The molecule has 0 unspecified atom stereocenters. The maximum absolute atomic E-state index is 6.51. The van der Waals surface area contributed by atoms with Crippen molar-refractivity contribution in [2.24, 2.45) is 0 Å². The summed E-state index contributed by atoms with van der Waals surface area (Å²) < 4.78 is 6.51. The van der Waals surface area contributed by atoms with Gasteiger partial charge in [0.05, 0.1) is 16.6 Å². The third kappa shape index (κ3) is 2.38. The molecule has 2 heterocycles. The van der Waals surface area contributed by atoms with Gasteiger partial charge < -0.3 is 4.74 Å². The Kier molecular flexibility index (Phi) is 3.90. The lowest BCUT2D eigenvalue weighted by Crippen LogP contribution is -2.32. The van der Waals surface area contributed by atoms with Gasteiger partial charge in [0, 0.05) is 27.6 Å². The summed E-state index contributed by atoms with van der Waals surface area (Å²) >= 11 is 0. The summed E-state index contributed by atoms with van der Waals surface area (Å²) in [7, 11) is 0. The molecule has 0 fully saturated rings. The van der Waals surface area contributed by atoms with Gasteiger partial charge in [0.1, 0.15) is 11.5 Å². The first-order valence-electron chi connectivity index (χ1n) is 12.3. The Morgan fingerprint density at radius 1 is 0.528 bits per heavy atom. The average molecular weight is 460 g/mol. The van der Waals surface area contributed by atoms with E-state index in [-0.39, 0.29) is 0 Å². The van der Waals surface area contributed by atoms with Crippen molar-refractivity contribution in [3.63, 3.8) is 0 Å². The molecular formula is C34H21NO. The maximum Gasteiger partial charge on any atom is 0.132 e. The van der Waals surface area contributed by atoms with Crippen LogP contribution in [0.1, 0.15) is 22.3 Å². The molecule has 168 valence electrons. The van der Waals surface area contributed by atoms with Gasteiger partial charge in [-0.05, 0) is 34.9 Å². The van der Waals surface area contributed by atoms with Gasteiger partial charge in [-0.1, -0.05) is 109 Å². The molecule has 1 aliphatic heterocycles. The highest BCUT2D eigenvalue weighted by Gasteiger charge is 2.52. The number of pyridine rings is 1. The molecule has 1 aromatic heterocycles. The topological polar surface area (TPSA) is 22.1 Å². The number of hydrogen-bond acceptors (Lipinski definition) is 2. The lowest BCUT2D eigenvalue weighted by molar-refractivity contribution is 0.437. The Hall–Kier alpha value is -4.69. The molecule has 2 nitrogen and oxygen atoms in total. The molecule has 6 aromatic rings. The molecule has 0 amide bonds. The fourth-order valence-electron chi connectivity index (χ4n) is 6.39. The van der Waals surface area contributed by atoms with Gasteiger partial charge in [0.2, 0.25) is 0 Å². The SMILES string of the molecule is c1ccc(-c2nc3ccccc3c3c2-c2ccccc2C32c3ccccc3Oc3ccccc32)cc1. The number of rotatable bonds is 1. The summed E-state index contributed by atoms with van der Waals surface area (Å²) in [5.41, 5.74) is 9.99. The van der Waals surface area contributed by atoms with E-state index in [2.05, 4.69) is 127 Å². The molecule has 1 aliphatic carbocycles. The van der Waals surface area contributed by atoms with E-state index >= 15 is 0 Å². The highest BCUT2D eigenvalue weighted by atomic mass is 16.5. The Bertz CT molecular complexity index is 1770. The lowest BCUT2D eigenvalue weighted by atomic mass is 9.65. The van der Waals surface area contributed by atoms with Crippen molar-refractivity contribution in [2.75, 3.05) is 0 Å². The van der Waals surface area contributed by atoms with Crippen molar-refractivity contribution < 1.29 is 4.74 Å². The van der Waals surface area contributed by atoms with Crippen molar-refractivity contribution in [3.8, 4) is 33.9 Å². The van der Waals surface area contributed by atoms with Gasteiger partial charge in [-0.15, -0.1) is 0 Å². The lowest BCUT2D eigenvalue weighted by Gasteiger charge is -2.39. The number of ether oxygens (including phenoxy) is 1. The van der Waals surface area contributed by atoms with Gasteiger partial charge in [0.15, 0.2) is 0 Å². The summed E-state index contributed by atoms with van der Waals surface area (Å²) in [6.07, 6.45) is 0. The first-order chi connectivity index (χ1) is 17.9. The smallest absolute Gasteiger partial charge is 0.132 e. The second-order valence-electron chi connectivity index (χ2n) is 9.48. The minimum absolute atomic E-state index is 0.510. The van der Waals surface area contributed by atoms with Crippen molar-refractivity contribution in [2.45, 2.75) is 5.41 Å². The first-order valence-corrected chi connectivity index (χ1v) is 12.3. The van der Waals surface area contributed by atoms with Crippen molar-refractivity contribution in [1.82, 2.24) is 4.98 Å². The van der Waals surface area contributed by atoms with E-state index in [1.54, 1.807) is 0 Å². The van der Waals surface area contributed by atoms with Gasteiger partial charge in [-0.25, -0.2) is 4.98 Å². The van der Waals surface area contributed by atoms with Crippen LogP contribution in [0.5, 0.6) is 11.5 Å². The van der Waals surface area contributed by atoms with Crippen LogP contribution in [0.2, 0.25) is 0 Å². The third-order valence-corrected chi connectivity index (χ3v) is 7.72. The summed E-state index contributed by atoms with van der Waals surface area (Å²) in [6.45, 7) is 0. The Labute approximate surface area is 209 Å². The monoisotopic (exact) mass is 459 g/mol. The predicted octanol–water partition coefficient (Wildman–Crippen LogP) is 8.37. The number of fused-ring (bicyclic) bond motifs is 11. The van der Waals surface area contributed by atoms with Crippen LogP contribution in [-0.2, 0) is 5.41 Å². The van der Waals surface area contributed by atoms with E-state index in [9.17, 15) is 0 Å². The zero-order valence-electron chi connectivity index (χ0n) is 19.5. The molecule has 0 saturated heterocycles. The van der Waals surface area contributed by atoms with Crippen LogP contribution in [0.25, 0.3) is 33.3 Å². The molecule has 0 saturated carbocycles. The van der Waals surface area contributed by atoms with Gasteiger partial charge in [0.25, 0.3) is 0 Å². The Morgan fingerprint density at radius 3 is 1.86 bits per heavy atom. The second kappa shape index (κ2) is 7.16. The van der Waals surface area contributed by atoms with E-state index in [4.69, 9.17) is 9.72 Å². The minimum atomic E-state index is -0.510. The predicted molar refractivity (Wildman–Crippen MR) is 145 cm³/mol. The largest absolute Gasteiger partial charge is 0.457 e. The van der Waals surface area contributed by atoms with E-state index in [0.717, 1.165) is 28.3 Å². The zero-order valence-corrected chi connectivity index (χ0v) is 19.5. The minimum Gasteiger partial charge on any atom is -0.457 e. The Balaban J connectivity index is 1.66. The van der Waals surface area contributed by atoms with E-state index in [1.807, 2.05) is 0 Å². The molecule has 0 bridgehead atoms. The number of aromatic nitrogens is 1. The Morgan fingerprint density at radius 2 is 1.11 bits per heavy atom.